The van der Waals surface area contributed by atoms with Crippen molar-refractivity contribution in [3.8, 4) is 6.01 Å². The van der Waals surface area contributed by atoms with Crippen molar-refractivity contribution >= 4 is 15.7 Å². The van der Waals surface area contributed by atoms with Crippen molar-refractivity contribution in [3.63, 3.8) is 0 Å². The van der Waals surface area contributed by atoms with Crippen molar-refractivity contribution in [1.29, 1.82) is 0 Å². The first kappa shape index (κ1) is 17.6. The van der Waals surface area contributed by atoms with E-state index in [2.05, 4.69) is 15.1 Å². The van der Waals surface area contributed by atoms with Crippen LogP contribution in [0.3, 0.4) is 0 Å². The van der Waals surface area contributed by atoms with Gasteiger partial charge in [-0.3, -0.25) is 4.79 Å². The predicted molar refractivity (Wildman–Crippen MR) is 96.5 cm³/mol. The van der Waals surface area contributed by atoms with Crippen LogP contribution in [-0.4, -0.2) is 64.5 Å². The van der Waals surface area contributed by atoms with Crippen LogP contribution in [0.4, 0.5) is 0 Å². The summed E-state index contributed by atoms with van der Waals surface area (Å²) in [6, 6.07) is 3.59. The number of likely N-dealkylation sites (tertiary alicyclic amines) is 1. The van der Waals surface area contributed by atoms with Gasteiger partial charge in [0.2, 0.25) is 0 Å². The molecule has 0 bridgehead atoms. The Balaban J connectivity index is 1.28. The van der Waals surface area contributed by atoms with E-state index in [0.717, 1.165) is 18.6 Å². The standard InChI is InChI=1S/C18H20N4O5S/c23-16(14-8-15(27-21-14)12-2-3-12)22-10-18(11-22)13(4-7-28(18,24)25)9-26-17-19-5-1-6-20-17/h1,5-6,8,12-13H,2-4,7,9-11H2/t13-/m0/s1. The lowest BCUT2D eigenvalue weighted by atomic mass is 9.83. The van der Waals surface area contributed by atoms with Crippen LogP contribution in [-0.2, 0) is 9.84 Å². The molecule has 5 rings (SSSR count). The molecule has 0 N–H and O–H groups in total. The average Bonchev–Trinajstić information content (AvgIpc) is 3.32. The largest absolute Gasteiger partial charge is 0.463 e. The Morgan fingerprint density at radius 1 is 1.25 bits per heavy atom. The zero-order valence-corrected chi connectivity index (χ0v) is 16.0. The van der Waals surface area contributed by atoms with E-state index in [1.165, 1.54) is 4.90 Å². The molecule has 28 heavy (non-hydrogen) atoms. The number of aromatic nitrogens is 3. The van der Waals surface area contributed by atoms with Crippen LogP contribution in [0.1, 0.15) is 41.4 Å². The topological polar surface area (TPSA) is 115 Å². The zero-order valence-electron chi connectivity index (χ0n) is 15.2. The molecule has 148 valence electrons. The second-order valence-electron chi connectivity index (χ2n) is 7.76. The lowest BCUT2D eigenvalue weighted by Crippen LogP contribution is -2.69. The smallest absolute Gasteiger partial charge is 0.316 e. The molecule has 1 spiro atoms. The molecule has 4 heterocycles. The van der Waals surface area contributed by atoms with Crippen LogP contribution in [0.15, 0.2) is 29.0 Å². The van der Waals surface area contributed by atoms with Gasteiger partial charge in [-0.2, -0.15) is 0 Å². The van der Waals surface area contributed by atoms with E-state index in [0.29, 0.717) is 12.3 Å². The predicted octanol–water partition coefficient (Wildman–Crippen LogP) is 1.05. The van der Waals surface area contributed by atoms with Crippen molar-refractivity contribution in [2.45, 2.75) is 29.9 Å². The second-order valence-corrected chi connectivity index (χ2v) is 10.2. The van der Waals surface area contributed by atoms with Crippen LogP contribution in [0.2, 0.25) is 0 Å². The number of amides is 1. The van der Waals surface area contributed by atoms with Gasteiger partial charge < -0.3 is 14.2 Å². The van der Waals surface area contributed by atoms with Crippen LogP contribution in [0.5, 0.6) is 6.01 Å². The molecule has 0 aromatic carbocycles. The molecule has 3 fully saturated rings. The highest BCUT2D eigenvalue weighted by Crippen LogP contribution is 2.45. The fourth-order valence-corrected chi connectivity index (χ4v) is 6.50. The molecule has 1 atom stereocenters. The maximum Gasteiger partial charge on any atom is 0.316 e. The van der Waals surface area contributed by atoms with Crippen LogP contribution in [0, 0.1) is 5.92 Å². The van der Waals surface area contributed by atoms with Gasteiger partial charge in [-0.05, 0) is 25.3 Å². The van der Waals surface area contributed by atoms with Gasteiger partial charge in [0.25, 0.3) is 5.91 Å². The Hall–Kier alpha value is -2.49. The van der Waals surface area contributed by atoms with Gasteiger partial charge in [0, 0.05) is 43.4 Å². The van der Waals surface area contributed by atoms with Gasteiger partial charge in [0.15, 0.2) is 15.5 Å². The van der Waals surface area contributed by atoms with Gasteiger partial charge >= 0.3 is 6.01 Å². The molecular formula is C18H20N4O5S. The number of carbonyl (C=O) groups excluding carboxylic acids is 1. The monoisotopic (exact) mass is 404 g/mol. The molecule has 2 saturated heterocycles. The fourth-order valence-electron chi connectivity index (χ4n) is 4.10. The van der Waals surface area contributed by atoms with E-state index in [-0.39, 0.29) is 49.0 Å². The maximum absolute atomic E-state index is 12.7. The minimum absolute atomic E-state index is 0.106. The summed E-state index contributed by atoms with van der Waals surface area (Å²) in [5.41, 5.74) is 0.248. The summed E-state index contributed by atoms with van der Waals surface area (Å²) in [5, 5.41) is 3.87. The SMILES string of the molecule is O=C(c1cc(C2CC2)on1)N1CC2(C1)[C@H](COc1ncccn1)CCS2(=O)=O. The molecule has 2 aromatic heterocycles. The van der Waals surface area contributed by atoms with E-state index in [1.807, 2.05) is 0 Å². The number of hydrogen-bond donors (Lipinski definition) is 0. The zero-order chi connectivity index (χ0) is 19.4. The third-order valence-electron chi connectivity index (χ3n) is 5.99. The van der Waals surface area contributed by atoms with Crippen molar-refractivity contribution in [3.05, 3.63) is 36.0 Å². The molecular weight excluding hydrogens is 384 g/mol. The van der Waals surface area contributed by atoms with Gasteiger partial charge in [-0.25, -0.2) is 18.4 Å². The molecule has 3 aliphatic rings. The van der Waals surface area contributed by atoms with Crippen LogP contribution < -0.4 is 4.74 Å². The summed E-state index contributed by atoms with van der Waals surface area (Å²) in [6.07, 6.45) is 5.76. The minimum atomic E-state index is -3.31. The third kappa shape index (κ3) is 2.78. The Kier molecular flexibility index (Phi) is 3.94. The first-order valence-corrected chi connectivity index (χ1v) is 11.0. The summed E-state index contributed by atoms with van der Waals surface area (Å²) >= 11 is 0. The van der Waals surface area contributed by atoms with Crippen molar-refractivity contribution in [2.75, 3.05) is 25.4 Å². The number of sulfone groups is 1. The number of carbonyl (C=O) groups is 1. The van der Waals surface area contributed by atoms with Gasteiger partial charge in [0.1, 0.15) is 10.5 Å². The van der Waals surface area contributed by atoms with Crippen molar-refractivity contribution in [1.82, 2.24) is 20.0 Å². The van der Waals surface area contributed by atoms with Crippen LogP contribution in [0.25, 0.3) is 0 Å². The molecule has 1 saturated carbocycles. The maximum atomic E-state index is 12.7. The molecule has 1 amide bonds. The summed E-state index contributed by atoms with van der Waals surface area (Å²) in [7, 11) is -3.31. The second kappa shape index (κ2) is 6.26. The first-order chi connectivity index (χ1) is 13.5. The summed E-state index contributed by atoms with van der Waals surface area (Å²) in [4.78, 5) is 22.2. The molecule has 2 aromatic rings. The normalized spacial score (nSPS) is 24.9. The molecule has 10 heteroatoms. The van der Waals surface area contributed by atoms with Crippen LogP contribution >= 0.6 is 0 Å². The number of rotatable bonds is 5. The van der Waals surface area contributed by atoms with E-state index < -0.39 is 14.6 Å². The molecule has 2 aliphatic heterocycles. The fraction of sp³-hybridized carbons (Fsp3) is 0.556. The Morgan fingerprint density at radius 2 is 2.00 bits per heavy atom. The lowest BCUT2D eigenvalue weighted by molar-refractivity contribution is 0.0394. The molecule has 0 radical (unpaired) electrons. The minimum Gasteiger partial charge on any atom is -0.463 e. The lowest BCUT2D eigenvalue weighted by Gasteiger charge is -2.49. The molecule has 9 nitrogen and oxygen atoms in total. The Bertz CT molecular complexity index is 996. The van der Waals surface area contributed by atoms with E-state index in [4.69, 9.17) is 9.26 Å². The summed E-state index contributed by atoms with van der Waals surface area (Å²) in [6.45, 7) is 0.522. The number of hydrogen-bond acceptors (Lipinski definition) is 8. The van der Waals surface area contributed by atoms with Gasteiger partial charge in [-0.1, -0.05) is 5.16 Å². The Morgan fingerprint density at radius 3 is 2.71 bits per heavy atom. The number of ether oxygens (including phenoxy) is 1. The quantitative estimate of drug-likeness (QED) is 0.726. The van der Waals surface area contributed by atoms with Gasteiger partial charge in [-0.15, -0.1) is 0 Å². The Labute approximate surface area is 162 Å². The van der Waals surface area contributed by atoms with E-state index >= 15 is 0 Å². The van der Waals surface area contributed by atoms with Crippen molar-refractivity contribution in [2.24, 2.45) is 5.92 Å². The first-order valence-electron chi connectivity index (χ1n) is 9.36. The highest BCUT2D eigenvalue weighted by atomic mass is 32.2. The van der Waals surface area contributed by atoms with Crippen molar-refractivity contribution < 1.29 is 22.5 Å². The highest BCUT2D eigenvalue weighted by Gasteiger charge is 2.63. The number of nitrogens with zero attached hydrogens (tertiary/aromatic N) is 4. The average molecular weight is 404 g/mol. The molecule has 0 unspecified atom stereocenters. The van der Waals surface area contributed by atoms with E-state index in [1.54, 1.807) is 24.5 Å². The summed E-state index contributed by atoms with van der Waals surface area (Å²) in [5.74, 6) is 0.725. The molecule has 1 aliphatic carbocycles. The third-order valence-corrected chi connectivity index (χ3v) is 8.59. The van der Waals surface area contributed by atoms with E-state index in [9.17, 15) is 13.2 Å². The highest BCUT2D eigenvalue weighted by molar-refractivity contribution is 7.93. The van der Waals surface area contributed by atoms with Gasteiger partial charge in [0.05, 0.1) is 12.4 Å². The summed E-state index contributed by atoms with van der Waals surface area (Å²) < 4.78 is 35.4.